The van der Waals surface area contributed by atoms with E-state index in [4.69, 9.17) is 0 Å². The lowest BCUT2D eigenvalue weighted by Gasteiger charge is -2.63. The van der Waals surface area contributed by atoms with E-state index in [0.717, 1.165) is 11.8 Å². The molecule has 9 aromatic rings. The number of benzene rings is 9. The van der Waals surface area contributed by atoms with E-state index in [9.17, 15) is 0 Å². The standard InChI is InChI=1S/C71H66BP/c1-46-34-48(3)68(49(4)35-46)72(69-50(5)36-47(2)37-51(69)6)59-29-33-64-66(40-59)65-39-56(24-32-63(65)67(64)55-16-10-7-11-17-55)54-22-25-57(26-23-54)70-41-52-38-53(42-70)44-71(43-52,45-70)58-27-30-62(31-28-58)73(60-18-12-8-13-19-60)61-20-14-9-15-21-61/h7-37,39-40,52-53,67H,38,41-45H2,1-6H3. The summed E-state index contributed by atoms with van der Waals surface area (Å²) in [5, 5.41) is 4.28. The summed E-state index contributed by atoms with van der Waals surface area (Å²) in [6, 6.07) is 78.1. The van der Waals surface area contributed by atoms with E-state index in [1.165, 1.54) is 143 Å². The van der Waals surface area contributed by atoms with Gasteiger partial charge in [-0.3, -0.25) is 0 Å². The Balaban J connectivity index is 0.852. The predicted octanol–water partition coefficient (Wildman–Crippen LogP) is 14.4. The Morgan fingerprint density at radius 3 is 1.34 bits per heavy atom. The van der Waals surface area contributed by atoms with Gasteiger partial charge in [-0.05, 0) is 183 Å². The van der Waals surface area contributed by atoms with E-state index in [-0.39, 0.29) is 23.5 Å². The third-order valence-corrected chi connectivity index (χ3v) is 20.7. The summed E-state index contributed by atoms with van der Waals surface area (Å²) in [5.41, 5.74) is 25.5. The summed E-state index contributed by atoms with van der Waals surface area (Å²) < 4.78 is 0. The Morgan fingerprint density at radius 2 is 0.836 bits per heavy atom. The second-order valence-corrected chi connectivity index (χ2v) is 25.4. The number of aryl methyl sites for hydroxylation is 6. The molecular formula is C71H66BP. The van der Waals surface area contributed by atoms with E-state index in [0.29, 0.717) is 0 Å². The van der Waals surface area contributed by atoms with Gasteiger partial charge in [0.25, 0.3) is 0 Å². The van der Waals surface area contributed by atoms with Gasteiger partial charge in [-0.25, -0.2) is 0 Å². The fourth-order valence-corrected chi connectivity index (χ4v) is 18.2. The number of rotatable bonds is 10. The first kappa shape index (κ1) is 46.3. The highest BCUT2D eigenvalue weighted by Crippen LogP contribution is 2.66. The van der Waals surface area contributed by atoms with Crippen LogP contribution in [0, 0.1) is 53.4 Å². The average Bonchev–Trinajstić information content (AvgIpc) is 3.71. The van der Waals surface area contributed by atoms with Gasteiger partial charge < -0.3 is 0 Å². The van der Waals surface area contributed by atoms with E-state index >= 15 is 0 Å². The molecule has 2 heteroatoms. The summed E-state index contributed by atoms with van der Waals surface area (Å²) in [6.07, 6.45) is 8.02. The molecule has 0 N–H and O–H groups in total. The van der Waals surface area contributed by atoms with Gasteiger partial charge in [-0.15, -0.1) is 0 Å². The van der Waals surface area contributed by atoms with Crippen LogP contribution in [0.5, 0.6) is 0 Å². The SMILES string of the molecule is Cc1cc(C)c(B(c2ccc3c(c2)-c2cc(-c4ccc(C56CC7CC(C5)CC(c5ccc(P(c8ccccc8)c8ccccc8)cc5)(C7)C6)cc4)ccc2C3c2ccccc2)c2c(C)cc(C)cc2C)c(C)c1. The van der Waals surface area contributed by atoms with Crippen LogP contribution in [0.1, 0.15) is 106 Å². The maximum Gasteiger partial charge on any atom is 0.242 e. The van der Waals surface area contributed by atoms with Crippen molar-refractivity contribution < 1.29 is 0 Å². The van der Waals surface area contributed by atoms with Crippen molar-refractivity contribution in [2.24, 2.45) is 11.8 Å². The quantitative estimate of drug-likeness (QED) is 0.0946. The summed E-state index contributed by atoms with van der Waals surface area (Å²) in [5.74, 6) is 1.78. The maximum atomic E-state index is 2.58. The molecule has 4 saturated carbocycles. The minimum absolute atomic E-state index is 0.122. The lowest BCUT2D eigenvalue weighted by Crippen LogP contribution is -2.55. The molecule has 5 aliphatic carbocycles. The second kappa shape index (κ2) is 18.1. The van der Waals surface area contributed by atoms with Crippen molar-refractivity contribution in [3.63, 3.8) is 0 Å². The van der Waals surface area contributed by atoms with Gasteiger partial charge in [0.1, 0.15) is 0 Å². The van der Waals surface area contributed by atoms with Crippen molar-refractivity contribution in [3.05, 3.63) is 261 Å². The fourth-order valence-electron chi connectivity index (χ4n) is 15.9. The number of hydrogen-bond acceptors (Lipinski definition) is 0. The lowest BCUT2D eigenvalue weighted by atomic mass is 9.34. The normalized spacial score (nSPS) is 21.3. The van der Waals surface area contributed by atoms with Crippen molar-refractivity contribution in [2.45, 2.75) is 96.8 Å². The monoisotopic (exact) mass is 960 g/mol. The van der Waals surface area contributed by atoms with Crippen LogP contribution in [0.15, 0.2) is 200 Å². The summed E-state index contributed by atoms with van der Waals surface area (Å²) in [4.78, 5) is 0. The first-order valence-electron chi connectivity index (χ1n) is 27.1. The van der Waals surface area contributed by atoms with Gasteiger partial charge in [-0.1, -0.05) is 244 Å². The molecule has 14 rings (SSSR count). The largest absolute Gasteiger partial charge is 0.242 e. The highest BCUT2D eigenvalue weighted by atomic mass is 31.1. The van der Waals surface area contributed by atoms with Crippen LogP contribution >= 0.6 is 7.92 Å². The van der Waals surface area contributed by atoms with E-state index < -0.39 is 7.92 Å². The van der Waals surface area contributed by atoms with Crippen LogP contribution in [-0.4, -0.2) is 6.71 Å². The zero-order valence-electron chi connectivity index (χ0n) is 43.6. The molecule has 73 heavy (non-hydrogen) atoms. The Morgan fingerprint density at radius 1 is 0.411 bits per heavy atom. The molecule has 9 aromatic carbocycles. The van der Waals surface area contributed by atoms with Gasteiger partial charge in [0, 0.05) is 5.92 Å². The van der Waals surface area contributed by atoms with Crippen LogP contribution in [0.2, 0.25) is 0 Å². The van der Waals surface area contributed by atoms with Crippen molar-refractivity contribution >= 4 is 46.9 Å². The highest BCUT2D eigenvalue weighted by molar-refractivity contribution is 7.79. The minimum Gasteiger partial charge on any atom is -0.0680 e. The number of hydrogen-bond donors (Lipinski definition) is 0. The molecule has 0 aromatic heterocycles. The van der Waals surface area contributed by atoms with Crippen molar-refractivity contribution in [1.82, 2.24) is 0 Å². The van der Waals surface area contributed by atoms with Crippen LogP contribution in [0.3, 0.4) is 0 Å². The third kappa shape index (κ3) is 8.01. The molecular weight excluding hydrogens is 895 g/mol. The Kier molecular flexibility index (Phi) is 11.5. The molecule has 0 amide bonds. The summed E-state index contributed by atoms with van der Waals surface area (Å²) in [7, 11) is -0.617. The van der Waals surface area contributed by atoms with Gasteiger partial charge in [-0.2, -0.15) is 0 Å². The molecule has 3 unspecified atom stereocenters. The molecule has 3 atom stereocenters. The summed E-state index contributed by atoms with van der Waals surface area (Å²) in [6.45, 7) is 13.9. The first-order valence-corrected chi connectivity index (χ1v) is 28.5. The molecule has 0 aliphatic heterocycles. The lowest BCUT2D eigenvalue weighted by molar-refractivity contribution is -0.0281. The van der Waals surface area contributed by atoms with E-state index in [1.807, 2.05) is 0 Å². The predicted molar refractivity (Wildman–Crippen MR) is 314 cm³/mol. The highest BCUT2D eigenvalue weighted by Gasteiger charge is 2.58. The molecule has 5 aliphatic rings. The maximum absolute atomic E-state index is 2.58. The molecule has 0 heterocycles. The summed E-state index contributed by atoms with van der Waals surface area (Å²) >= 11 is 0. The zero-order valence-corrected chi connectivity index (χ0v) is 44.4. The average molecular weight is 961 g/mol. The van der Waals surface area contributed by atoms with E-state index in [1.54, 1.807) is 11.1 Å². The minimum atomic E-state index is -0.617. The van der Waals surface area contributed by atoms with Crippen molar-refractivity contribution in [1.29, 1.82) is 0 Å². The molecule has 4 bridgehead atoms. The van der Waals surface area contributed by atoms with Gasteiger partial charge in [0.2, 0.25) is 6.71 Å². The molecule has 0 spiro atoms. The van der Waals surface area contributed by atoms with Crippen LogP contribution in [0.25, 0.3) is 22.3 Å². The fraction of sp³-hybridized carbons (Fsp3) is 0.239. The van der Waals surface area contributed by atoms with Gasteiger partial charge >= 0.3 is 0 Å². The van der Waals surface area contributed by atoms with Crippen LogP contribution < -0.4 is 32.3 Å². The Bertz CT molecular complexity index is 3380. The van der Waals surface area contributed by atoms with Gasteiger partial charge in [0.15, 0.2) is 0 Å². The second-order valence-electron chi connectivity index (χ2n) is 23.2. The first-order chi connectivity index (χ1) is 35.5. The zero-order chi connectivity index (χ0) is 49.6. The smallest absolute Gasteiger partial charge is 0.0680 e. The number of fused-ring (bicyclic) bond motifs is 3. The van der Waals surface area contributed by atoms with Crippen molar-refractivity contribution in [2.75, 3.05) is 0 Å². The molecule has 358 valence electrons. The van der Waals surface area contributed by atoms with Crippen LogP contribution in [0.4, 0.5) is 0 Å². The Labute approximate surface area is 436 Å². The molecule has 0 nitrogen and oxygen atoms in total. The van der Waals surface area contributed by atoms with Gasteiger partial charge in [0.05, 0.1) is 0 Å². The van der Waals surface area contributed by atoms with E-state index in [2.05, 4.69) is 242 Å². The van der Waals surface area contributed by atoms with Crippen molar-refractivity contribution in [3.8, 4) is 22.3 Å². The Hall–Kier alpha value is -6.53. The molecule has 0 radical (unpaired) electrons. The van der Waals surface area contributed by atoms with Crippen LogP contribution in [-0.2, 0) is 10.8 Å². The third-order valence-electron chi connectivity index (χ3n) is 18.2. The molecule has 4 fully saturated rings. The topological polar surface area (TPSA) is 0 Å². The molecule has 0 saturated heterocycles.